The molecule has 0 radical (unpaired) electrons. The molecule has 0 aromatic heterocycles. The molecule has 126 valence electrons. The molecule has 7 nitrogen and oxygen atoms in total. The zero-order chi connectivity index (χ0) is 16.3. The van der Waals surface area contributed by atoms with Gasteiger partial charge in [0.2, 0.25) is 0 Å². The van der Waals surface area contributed by atoms with Crippen molar-refractivity contribution in [1.82, 2.24) is 5.32 Å². The Labute approximate surface area is 134 Å². The van der Waals surface area contributed by atoms with E-state index in [0.29, 0.717) is 19.8 Å². The Morgan fingerprint density at radius 3 is 2.43 bits per heavy atom. The maximum atomic E-state index is 12.0. The van der Waals surface area contributed by atoms with Gasteiger partial charge in [-0.15, -0.1) is 0 Å². The van der Waals surface area contributed by atoms with Crippen molar-refractivity contribution in [3.05, 3.63) is 35.9 Å². The second-order valence-electron chi connectivity index (χ2n) is 6.22. The van der Waals surface area contributed by atoms with Crippen LogP contribution in [0, 0.1) is 5.41 Å². The average molecular weight is 323 g/mol. The Morgan fingerprint density at radius 1 is 1.26 bits per heavy atom. The molecule has 1 amide bonds. The lowest BCUT2D eigenvalue weighted by molar-refractivity contribution is -0.474. The smallest absolute Gasteiger partial charge is 0.408 e. The van der Waals surface area contributed by atoms with Gasteiger partial charge in [0.25, 0.3) is 0 Å². The summed E-state index contributed by atoms with van der Waals surface area (Å²) < 4.78 is 22.0. The first kappa shape index (κ1) is 16.2. The van der Waals surface area contributed by atoms with E-state index in [4.69, 9.17) is 18.9 Å². The molecule has 2 bridgehead atoms. The minimum atomic E-state index is -1.45. The van der Waals surface area contributed by atoms with Crippen LogP contribution >= 0.6 is 0 Å². The third kappa shape index (κ3) is 3.48. The second kappa shape index (κ2) is 6.45. The van der Waals surface area contributed by atoms with Gasteiger partial charge in [-0.05, 0) is 5.56 Å². The van der Waals surface area contributed by atoms with E-state index in [-0.39, 0.29) is 12.0 Å². The number of benzene rings is 1. The number of hydrogen-bond donors (Lipinski definition) is 2. The van der Waals surface area contributed by atoms with Gasteiger partial charge in [0, 0.05) is 5.41 Å². The number of nitrogens with one attached hydrogen (secondary N) is 1. The molecule has 1 unspecified atom stereocenters. The van der Waals surface area contributed by atoms with Gasteiger partial charge in [-0.3, -0.25) is 0 Å². The molecule has 0 saturated carbocycles. The zero-order valence-electron chi connectivity index (χ0n) is 13.0. The average Bonchev–Trinajstić information content (AvgIpc) is 2.60. The number of aliphatic hydroxyl groups excluding tert-OH is 1. The number of carbonyl (C=O) groups excluding carboxylic acids is 1. The van der Waals surface area contributed by atoms with Crippen LogP contribution in [0.25, 0.3) is 0 Å². The first-order valence-electron chi connectivity index (χ1n) is 7.55. The van der Waals surface area contributed by atoms with Crippen LogP contribution in [0.2, 0.25) is 0 Å². The van der Waals surface area contributed by atoms with Gasteiger partial charge in [-0.1, -0.05) is 37.3 Å². The van der Waals surface area contributed by atoms with Crippen LogP contribution in [0.3, 0.4) is 0 Å². The van der Waals surface area contributed by atoms with Crippen molar-refractivity contribution in [2.75, 3.05) is 26.4 Å². The standard InChI is InChI=1S/C16H21NO6/c1-15-9-21-16(22-10-15,23-11-15)13(7-18)17-14(19)20-8-12-5-3-2-4-6-12/h2-6,13,18H,7-11H2,1H3,(H,17,19). The summed E-state index contributed by atoms with van der Waals surface area (Å²) >= 11 is 0. The van der Waals surface area contributed by atoms with Crippen LogP contribution in [-0.4, -0.2) is 49.6 Å². The van der Waals surface area contributed by atoms with E-state index in [1.165, 1.54) is 0 Å². The van der Waals surface area contributed by atoms with E-state index in [2.05, 4.69) is 5.32 Å². The Balaban J connectivity index is 1.56. The summed E-state index contributed by atoms with van der Waals surface area (Å²) in [4.78, 5) is 12.0. The molecule has 4 rings (SSSR count). The lowest BCUT2D eigenvalue weighted by atomic mass is 9.91. The molecule has 3 aliphatic rings. The summed E-state index contributed by atoms with van der Waals surface area (Å²) in [5, 5.41) is 12.1. The second-order valence-corrected chi connectivity index (χ2v) is 6.22. The summed E-state index contributed by atoms with van der Waals surface area (Å²) in [5.41, 5.74) is 0.687. The molecular formula is C16H21NO6. The third-order valence-corrected chi connectivity index (χ3v) is 3.98. The molecule has 3 fully saturated rings. The van der Waals surface area contributed by atoms with E-state index >= 15 is 0 Å². The predicted octanol–water partition coefficient (Wildman–Crippen LogP) is 1.01. The number of carbonyl (C=O) groups is 1. The largest absolute Gasteiger partial charge is 0.445 e. The highest BCUT2D eigenvalue weighted by molar-refractivity contribution is 5.67. The summed E-state index contributed by atoms with van der Waals surface area (Å²) in [6.45, 7) is 3.08. The zero-order valence-corrected chi connectivity index (χ0v) is 13.0. The number of rotatable bonds is 5. The van der Waals surface area contributed by atoms with Crippen LogP contribution in [0.5, 0.6) is 0 Å². The Bertz CT molecular complexity index is 524. The number of alkyl carbamates (subject to hydrolysis) is 1. The maximum Gasteiger partial charge on any atom is 0.408 e. The molecule has 3 saturated heterocycles. The number of hydrogen-bond acceptors (Lipinski definition) is 6. The summed E-state index contributed by atoms with van der Waals surface area (Å²) in [7, 11) is 0. The number of ether oxygens (including phenoxy) is 4. The van der Waals surface area contributed by atoms with Gasteiger partial charge < -0.3 is 29.4 Å². The van der Waals surface area contributed by atoms with Gasteiger partial charge >= 0.3 is 12.1 Å². The van der Waals surface area contributed by atoms with Crippen molar-refractivity contribution in [1.29, 1.82) is 0 Å². The highest BCUT2D eigenvalue weighted by Crippen LogP contribution is 2.39. The van der Waals surface area contributed by atoms with Crippen molar-refractivity contribution >= 4 is 6.09 Å². The molecule has 0 spiro atoms. The van der Waals surface area contributed by atoms with Crippen LogP contribution in [0.15, 0.2) is 30.3 Å². The number of fused-ring (bicyclic) bond motifs is 3. The van der Waals surface area contributed by atoms with E-state index in [0.717, 1.165) is 5.56 Å². The SMILES string of the molecule is CC12COC(C(CO)NC(=O)OCc3ccccc3)(OC1)OC2. The van der Waals surface area contributed by atoms with E-state index in [9.17, 15) is 9.90 Å². The van der Waals surface area contributed by atoms with Gasteiger partial charge in [-0.25, -0.2) is 4.79 Å². The van der Waals surface area contributed by atoms with Crippen LogP contribution in [0.4, 0.5) is 4.79 Å². The predicted molar refractivity (Wildman–Crippen MR) is 79.3 cm³/mol. The van der Waals surface area contributed by atoms with Crippen molar-refractivity contribution in [2.45, 2.75) is 25.5 Å². The van der Waals surface area contributed by atoms with Crippen molar-refractivity contribution in [3.8, 4) is 0 Å². The fourth-order valence-electron chi connectivity index (χ4n) is 2.53. The molecule has 1 aromatic carbocycles. The fraction of sp³-hybridized carbons (Fsp3) is 0.562. The van der Waals surface area contributed by atoms with Crippen molar-refractivity contribution in [3.63, 3.8) is 0 Å². The molecular weight excluding hydrogens is 302 g/mol. The summed E-state index contributed by atoms with van der Waals surface area (Å²) in [5.74, 6) is -1.45. The normalized spacial score (nSPS) is 30.7. The summed E-state index contributed by atoms with van der Waals surface area (Å²) in [6.07, 6.45) is -0.669. The lowest BCUT2D eigenvalue weighted by Crippen LogP contribution is -2.68. The minimum absolute atomic E-state index is 0.137. The lowest BCUT2D eigenvalue weighted by Gasteiger charge is -2.52. The first-order valence-corrected chi connectivity index (χ1v) is 7.55. The highest BCUT2D eigenvalue weighted by atomic mass is 16.9. The molecule has 7 heteroatoms. The monoisotopic (exact) mass is 323 g/mol. The quantitative estimate of drug-likeness (QED) is 0.841. The van der Waals surface area contributed by atoms with Gasteiger partial charge in [-0.2, -0.15) is 0 Å². The van der Waals surface area contributed by atoms with Gasteiger partial charge in [0.1, 0.15) is 12.6 Å². The summed E-state index contributed by atoms with van der Waals surface area (Å²) in [6, 6.07) is 8.46. The van der Waals surface area contributed by atoms with E-state index in [1.807, 2.05) is 37.3 Å². The van der Waals surface area contributed by atoms with Crippen molar-refractivity contribution in [2.24, 2.45) is 5.41 Å². The fourth-order valence-corrected chi connectivity index (χ4v) is 2.53. The Morgan fingerprint density at radius 2 is 1.87 bits per heavy atom. The van der Waals surface area contributed by atoms with Crippen LogP contribution in [0.1, 0.15) is 12.5 Å². The molecule has 1 aromatic rings. The minimum Gasteiger partial charge on any atom is -0.445 e. The first-order chi connectivity index (χ1) is 11.1. The number of amides is 1. The Kier molecular flexibility index (Phi) is 4.54. The van der Waals surface area contributed by atoms with Crippen LogP contribution < -0.4 is 5.32 Å². The Hall–Kier alpha value is -1.67. The molecule has 1 atom stereocenters. The maximum absolute atomic E-state index is 12.0. The molecule has 0 aliphatic carbocycles. The van der Waals surface area contributed by atoms with Gasteiger partial charge in [0.05, 0.1) is 26.4 Å². The molecule has 3 aliphatic heterocycles. The van der Waals surface area contributed by atoms with E-state index < -0.39 is 24.7 Å². The number of aliphatic hydroxyl groups is 1. The molecule has 23 heavy (non-hydrogen) atoms. The van der Waals surface area contributed by atoms with Crippen molar-refractivity contribution < 1.29 is 28.8 Å². The van der Waals surface area contributed by atoms with Gasteiger partial charge in [0.15, 0.2) is 0 Å². The van der Waals surface area contributed by atoms with E-state index in [1.54, 1.807) is 0 Å². The molecule has 2 N–H and O–H groups in total. The van der Waals surface area contributed by atoms with Crippen LogP contribution in [-0.2, 0) is 25.6 Å². The molecule has 3 heterocycles. The highest BCUT2D eigenvalue weighted by Gasteiger charge is 2.55. The topological polar surface area (TPSA) is 86.3 Å². The third-order valence-electron chi connectivity index (χ3n) is 3.98.